The van der Waals surface area contributed by atoms with Gasteiger partial charge in [-0.3, -0.25) is 0 Å². The van der Waals surface area contributed by atoms with Gasteiger partial charge >= 0.3 is 5.97 Å². The van der Waals surface area contributed by atoms with E-state index >= 15 is 0 Å². The van der Waals surface area contributed by atoms with Gasteiger partial charge in [0.15, 0.2) is 12.4 Å². The lowest BCUT2D eigenvalue weighted by Gasteiger charge is -2.03. The zero-order chi connectivity index (χ0) is 7.56. The van der Waals surface area contributed by atoms with Gasteiger partial charge in [-0.05, 0) is 0 Å². The molecule has 0 saturated carbocycles. The number of aliphatic hydroxyl groups excluding tert-OH is 1. The molecule has 1 rings (SSSR count). The molecule has 0 radical (unpaired) electrons. The summed E-state index contributed by atoms with van der Waals surface area (Å²) in [6.07, 6.45) is -1.68. The Labute approximate surface area is 57.2 Å². The van der Waals surface area contributed by atoms with Crippen LogP contribution < -0.4 is 0 Å². The minimum atomic E-state index is -1.06. The molecule has 0 aliphatic carbocycles. The van der Waals surface area contributed by atoms with Crippen molar-refractivity contribution in [2.24, 2.45) is 0 Å². The van der Waals surface area contributed by atoms with E-state index in [1.54, 1.807) is 0 Å². The van der Waals surface area contributed by atoms with E-state index in [9.17, 15) is 4.79 Å². The maximum Gasteiger partial charge on any atom is 0.335 e. The first-order chi connectivity index (χ1) is 4.74. The molecular formula is C5H8O5. The average Bonchev–Trinajstić information content (AvgIpc) is 2.34. The third kappa shape index (κ3) is 1.44. The Hall–Kier alpha value is -0.650. The van der Waals surface area contributed by atoms with Crippen LogP contribution in [0, 0.1) is 0 Å². The zero-order valence-corrected chi connectivity index (χ0v) is 5.19. The third-order valence-corrected chi connectivity index (χ3v) is 1.17. The molecule has 10 heavy (non-hydrogen) atoms. The fraction of sp³-hybridized carbons (Fsp3) is 0.800. The van der Waals surface area contributed by atoms with Crippen molar-refractivity contribution >= 4 is 5.97 Å². The summed E-state index contributed by atoms with van der Waals surface area (Å²) >= 11 is 0. The molecule has 1 saturated heterocycles. The highest BCUT2D eigenvalue weighted by Gasteiger charge is 2.30. The number of aliphatic carboxylic acids is 1. The van der Waals surface area contributed by atoms with Crippen LogP contribution in [0.2, 0.25) is 0 Å². The number of ether oxygens (including phenoxy) is 2. The van der Waals surface area contributed by atoms with Gasteiger partial charge in [0.1, 0.15) is 0 Å². The van der Waals surface area contributed by atoms with E-state index in [4.69, 9.17) is 19.7 Å². The van der Waals surface area contributed by atoms with E-state index in [1.807, 2.05) is 0 Å². The standard InChI is InChI=1S/C5H8O5/c6-1-4-9-2-3(10-4)5(7)8/h3-4,6H,1-2H2,(H,7,8)/t3-,4+/m1/s1. The lowest BCUT2D eigenvalue weighted by Crippen LogP contribution is -2.23. The number of carboxylic acid groups (broad SMARTS) is 1. The molecule has 5 heteroatoms. The van der Waals surface area contributed by atoms with Crippen molar-refractivity contribution in [1.29, 1.82) is 0 Å². The molecule has 1 aliphatic rings. The molecule has 0 aromatic rings. The van der Waals surface area contributed by atoms with Gasteiger partial charge in [-0.1, -0.05) is 0 Å². The molecule has 1 fully saturated rings. The summed E-state index contributed by atoms with van der Waals surface area (Å²) in [6.45, 7) is -0.287. The molecule has 2 N–H and O–H groups in total. The highest BCUT2D eigenvalue weighted by molar-refractivity contribution is 5.72. The maximum absolute atomic E-state index is 10.2. The first-order valence-corrected chi connectivity index (χ1v) is 2.84. The van der Waals surface area contributed by atoms with E-state index in [2.05, 4.69) is 0 Å². The minimum Gasteiger partial charge on any atom is -0.479 e. The summed E-state index contributed by atoms with van der Waals surface area (Å²) in [5.41, 5.74) is 0. The molecule has 0 spiro atoms. The van der Waals surface area contributed by atoms with Crippen molar-refractivity contribution in [2.45, 2.75) is 12.4 Å². The topological polar surface area (TPSA) is 76.0 Å². The van der Waals surface area contributed by atoms with Crippen molar-refractivity contribution in [3.63, 3.8) is 0 Å². The SMILES string of the molecule is O=C(O)[C@H]1CO[C@H](CO)O1. The van der Waals surface area contributed by atoms with Gasteiger partial charge < -0.3 is 19.7 Å². The lowest BCUT2D eigenvalue weighted by molar-refractivity contribution is -0.152. The summed E-state index contributed by atoms with van der Waals surface area (Å²) < 4.78 is 9.42. The van der Waals surface area contributed by atoms with Gasteiger partial charge in [-0.2, -0.15) is 0 Å². The largest absolute Gasteiger partial charge is 0.479 e. The Bertz CT molecular complexity index is 134. The molecular weight excluding hydrogens is 140 g/mol. The van der Waals surface area contributed by atoms with Gasteiger partial charge in [0.2, 0.25) is 0 Å². The van der Waals surface area contributed by atoms with Crippen LogP contribution in [0.15, 0.2) is 0 Å². The summed E-state index contributed by atoms with van der Waals surface area (Å²) in [5, 5.41) is 16.8. The second-order valence-corrected chi connectivity index (χ2v) is 1.91. The summed E-state index contributed by atoms with van der Waals surface area (Å²) in [6, 6.07) is 0. The number of hydrogen-bond acceptors (Lipinski definition) is 4. The Morgan fingerprint density at radius 3 is 2.70 bits per heavy atom. The van der Waals surface area contributed by atoms with Gasteiger partial charge in [0, 0.05) is 0 Å². The quantitative estimate of drug-likeness (QED) is 0.514. The van der Waals surface area contributed by atoms with Crippen molar-refractivity contribution in [2.75, 3.05) is 13.2 Å². The molecule has 5 nitrogen and oxygen atoms in total. The monoisotopic (exact) mass is 148 g/mol. The predicted octanol–water partition coefficient (Wildman–Crippen LogP) is -1.20. The normalized spacial score (nSPS) is 32.5. The minimum absolute atomic E-state index is 0.0144. The molecule has 0 unspecified atom stereocenters. The fourth-order valence-electron chi connectivity index (χ4n) is 0.682. The van der Waals surface area contributed by atoms with Crippen LogP contribution in [0.4, 0.5) is 0 Å². The van der Waals surface area contributed by atoms with E-state index in [1.165, 1.54) is 0 Å². The lowest BCUT2D eigenvalue weighted by atomic mass is 10.4. The van der Waals surface area contributed by atoms with Crippen LogP contribution in [0.1, 0.15) is 0 Å². The Morgan fingerprint density at radius 1 is 1.70 bits per heavy atom. The van der Waals surface area contributed by atoms with Gasteiger partial charge in [0.05, 0.1) is 13.2 Å². The smallest absolute Gasteiger partial charge is 0.335 e. The molecule has 1 heterocycles. The Balaban J connectivity index is 2.35. The molecule has 1 aliphatic heterocycles. The van der Waals surface area contributed by atoms with Crippen LogP contribution in [-0.2, 0) is 14.3 Å². The van der Waals surface area contributed by atoms with Gasteiger partial charge in [0.25, 0.3) is 0 Å². The number of aliphatic hydroxyl groups is 1. The van der Waals surface area contributed by atoms with E-state index < -0.39 is 18.4 Å². The maximum atomic E-state index is 10.2. The van der Waals surface area contributed by atoms with Crippen LogP contribution >= 0.6 is 0 Å². The highest BCUT2D eigenvalue weighted by Crippen LogP contribution is 2.10. The second-order valence-electron chi connectivity index (χ2n) is 1.91. The number of carbonyl (C=O) groups is 1. The van der Waals surface area contributed by atoms with E-state index in [0.29, 0.717) is 0 Å². The van der Waals surface area contributed by atoms with Crippen LogP contribution in [-0.4, -0.2) is 41.8 Å². The Kier molecular flexibility index (Phi) is 2.21. The molecule has 2 atom stereocenters. The summed E-state index contributed by atoms with van der Waals surface area (Å²) in [5.74, 6) is -1.06. The van der Waals surface area contributed by atoms with Gasteiger partial charge in [-0.25, -0.2) is 4.79 Å². The average molecular weight is 148 g/mol. The molecule has 0 bridgehead atoms. The predicted molar refractivity (Wildman–Crippen MR) is 29.3 cm³/mol. The first-order valence-electron chi connectivity index (χ1n) is 2.84. The highest BCUT2D eigenvalue weighted by atomic mass is 16.7. The summed E-state index contributed by atoms with van der Waals surface area (Å²) in [7, 11) is 0. The van der Waals surface area contributed by atoms with E-state index in [-0.39, 0.29) is 13.2 Å². The zero-order valence-electron chi connectivity index (χ0n) is 5.19. The number of carboxylic acids is 1. The van der Waals surface area contributed by atoms with Gasteiger partial charge in [-0.15, -0.1) is 0 Å². The molecule has 58 valence electrons. The Morgan fingerprint density at radius 2 is 2.40 bits per heavy atom. The molecule has 0 aromatic heterocycles. The van der Waals surface area contributed by atoms with Crippen molar-refractivity contribution in [1.82, 2.24) is 0 Å². The number of rotatable bonds is 2. The third-order valence-electron chi connectivity index (χ3n) is 1.17. The van der Waals surface area contributed by atoms with Crippen LogP contribution in [0.3, 0.4) is 0 Å². The van der Waals surface area contributed by atoms with E-state index in [0.717, 1.165) is 0 Å². The first kappa shape index (κ1) is 7.46. The molecule has 0 aromatic carbocycles. The fourth-order valence-corrected chi connectivity index (χ4v) is 0.682. The summed E-state index contributed by atoms with van der Waals surface area (Å²) in [4.78, 5) is 10.2. The number of hydrogen-bond donors (Lipinski definition) is 2. The van der Waals surface area contributed by atoms with Crippen molar-refractivity contribution in [3.05, 3.63) is 0 Å². The second kappa shape index (κ2) is 2.96. The van der Waals surface area contributed by atoms with Crippen molar-refractivity contribution < 1.29 is 24.5 Å². The van der Waals surface area contributed by atoms with Crippen molar-refractivity contribution in [3.8, 4) is 0 Å². The van der Waals surface area contributed by atoms with Crippen LogP contribution in [0.25, 0.3) is 0 Å². The van der Waals surface area contributed by atoms with Crippen LogP contribution in [0.5, 0.6) is 0 Å². The molecule has 0 amide bonds.